The molecule has 0 saturated heterocycles. The van der Waals surface area contributed by atoms with Crippen LogP contribution in [0.2, 0.25) is 0 Å². The SMILES string of the molecule is Fc1ccccc1COc1cccc([B-](F)(F)F)c1.[K+]. The maximum Gasteiger partial charge on any atom is 1.00 e. The van der Waals surface area contributed by atoms with Gasteiger partial charge >= 0.3 is 58.4 Å². The van der Waals surface area contributed by atoms with E-state index in [4.69, 9.17) is 4.74 Å². The number of hydrogen-bond acceptors (Lipinski definition) is 1. The normalized spacial score (nSPS) is 10.8. The summed E-state index contributed by atoms with van der Waals surface area (Å²) in [6.45, 7) is -5.17. The van der Waals surface area contributed by atoms with Crippen molar-refractivity contribution in [3.8, 4) is 5.75 Å². The Morgan fingerprint density at radius 1 is 0.950 bits per heavy atom. The molecule has 0 amide bonds. The molecule has 0 aliphatic carbocycles. The zero-order valence-electron chi connectivity index (χ0n) is 10.8. The molecule has 0 heterocycles. The van der Waals surface area contributed by atoms with Crippen LogP contribution in [-0.4, -0.2) is 6.98 Å². The second-order valence-electron chi connectivity index (χ2n) is 4.03. The molecule has 0 saturated carbocycles. The summed E-state index contributed by atoms with van der Waals surface area (Å²) < 4.78 is 56.1. The van der Waals surface area contributed by atoms with Crippen LogP contribution in [0.25, 0.3) is 0 Å². The fourth-order valence-corrected chi connectivity index (χ4v) is 1.58. The molecule has 2 aromatic rings. The van der Waals surface area contributed by atoms with Gasteiger partial charge in [-0.15, -0.1) is 5.46 Å². The Labute approximate surface area is 156 Å². The van der Waals surface area contributed by atoms with Crippen molar-refractivity contribution in [2.75, 3.05) is 0 Å². The summed E-state index contributed by atoms with van der Waals surface area (Å²) in [5.41, 5.74) is -0.434. The van der Waals surface area contributed by atoms with Crippen molar-refractivity contribution in [2.24, 2.45) is 0 Å². The third-order valence-corrected chi connectivity index (χ3v) is 2.59. The molecule has 2 rings (SSSR count). The van der Waals surface area contributed by atoms with Crippen molar-refractivity contribution in [1.82, 2.24) is 0 Å². The summed E-state index contributed by atoms with van der Waals surface area (Å²) in [6.07, 6.45) is 0. The molecule has 0 aliphatic rings. The zero-order valence-corrected chi connectivity index (χ0v) is 13.9. The van der Waals surface area contributed by atoms with E-state index in [1.165, 1.54) is 30.3 Å². The van der Waals surface area contributed by atoms with Gasteiger partial charge in [0.05, 0.1) is 0 Å². The predicted molar refractivity (Wildman–Crippen MR) is 65.9 cm³/mol. The van der Waals surface area contributed by atoms with E-state index in [-0.39, 0.29) is 63.7 Å². The van der Waals surface area contributed by atoms with Gasteiger partial charge in [0.2, 0.25) is 0 Å². The fourth-order valence-electron chi connectivity index (χ4n) is 1.58. The van der Waals surface area contributed by atoms with Gasteiger partial charge in [-0.3, -0.25) is 0 Å². The summed E-state index contributed by atoms with van der Waals surface area (Å²) in [4.78, 5) is 0. The zero-order chi connectivity index (χ0) is 13.9. The number of rotatable bonds is 4. The minimum absolute atomic E-state index is 0. The molecule has 0 atom stereocenters. The summed E-state index contributed by atoms with van der Waals surface area (Å²) in [5.74, 6) is -0.376. The fraction of sp³-hybridized carbons (Fsp3) is 0.0769. The van der Waals surface area contributed by atoms with E-state index in [0.717, 1.165) is 12.1 Å². The molecule has 20 heavy (non-hydrogen) atoms. The van der Waals surface area contributed by atoms with Crippen molar-refractivity contribution in [1.29, 1.82) is 0 Å². The molecule has 0 fully saturated rings. The maximum atomic E-state index is 13.3. The van der Waals surface area contributed by atoms with Gasteiger partial charge in [0.25, 0.3) is 0 Å². The largest absolute Gasteiger partial charge is 1.00 e. The van der Waals surface area contributed by atoms with Crippen LogP contribution in [0.4, 0.5) is 17.3 Å². The topological polar surface area (TPSA) is 9.23 Å². The van der Waals surface area contributed by atoms with Crippen LogP contribution in [-0.2, 0) is 6.61 Å². The van der Waals surface area contributed by atoms with E-state index >= 15 is 0 Å². The van der Waals surface area contributed by atoms with E-state index in [9.17, 15) is 17.3 Å². The quantitative estimate of drug-likeness (QED) is 0.589. The summed E-state index contributed by atoms with van der Waals surface area (Å²) >= 11 is 0. The average molecular weight is 308 g/mol. The molecule has 0 bridgehead atoms. The molecular formula is C13H10BF4KO. The molecule has 1 nitrogen and oxygen atoms in total. The van der Waals surface area contributed by atoms with Gasteiger partial charge in [0.1, 0.15) is 18.2 Å². The van der Waals surface area contributed by atoms with Gasteiger partial charge < -0.3 is 17.7 Å². The summed E-state index contributed by atoms with van der Waals surface area (Å²) in [5, 5.41) is 0. The van der Waals surface area contributed by atoms with Gasteiger partial charge in [0.15, 0.2) is 0 Å². The Morgan fingerprint density at radius 2 is 1.65 bits per heavy atom. The average Bonchev–Trinajstić information content (AvgIpc) is 2.37. The van der Waals surface area contributed by atoms with Crippen LogP contribution in [0.15, 0.2) is 48.5 Å². The molecule has 2 aromatic carbocycles. The van der Waals surface area contributed by atoms with E-state index < -0.39 is 18.3 Å². The van der Waals surface area contributed by atoms with Gasteiger partial charge in [-0.2, -0.15) is 0 Å². The number of benzene rings is 2. The van der Waals surface area contributed by atoms with Crippen molar-refractivity contribution < 1.29 is 73.5 Å². The summed E-state index contributed by atoms with van der Waals surface area (Å²) in [7, 11) is 0. The molecule has 0 unspecified atom stereocenters. The van der Waals surface area contributed by atoms with Crippen LogP contribution in [0.3, 0.4) is 0 Å². The third kappa shape index (κ3) is 4.89. The van der Waals surface area contributed by atoms with Gasteiger partial charge in [-0.05, 0) is 18.2 Å². The van der Waals surface area contributed by atoms with E-state index in [0.29, 0.717) is 5.56 Å². The van der Waals surface area contributed by atoms with E-state index in [1.54, 1.807) is 6.07 Å². The molecule has 0 N–H and O–H groups in total. The molecular weight excluding hydrogens is 298 g/mol. The summed E-state index contributed by atoms with van der Waals surface area (Å²) in [6, 6.07) is 10.5. The minimum Gasteiger partial charge on any atom is -0.489 e. The van der Waals surface area contributed by atoms with Crippen LogP contribution in [0.5, 0.6) is 5.75 Å². The first kappa shape index (κ1) is 17.7. The molecule has 0 aromatic heterocycles. The van der Waals surface area contributed by atoms with Crippen molar-refractivity contribution in [3.63, 3.8) is 0 Å². The van der Waals surface area contributed by atoms with Crippen LogP contribution < -0.4 is 61.6 Å². The van der Waals surface area contributed by atoms with E-state index in [1.807, 2.05) is 0 Å². The van der Waals surface area contributed by atoms with Crippen LogP contribution in [0.1, 0.15) is 5.56 Å². The van der Waals surface area contributed by atoms with Gasteiger partial charge in [0, 0.05) is 5.56 Å². The second kappa shape index (κ2) is 7.61. The first-order valence-electron chi connectivity index (χ1n) is 5.63. The Kier molecular flexibility index (Phi) is 6.74. The van der Waals surface area contributed by atoms with Gasteiger partial charge in [-0.25, -0.2) is 4.39 Å². The number of halogens is 4. The van der Waals surface area contributed by atoms with Crippen molar-refractivity contribution in [2.45, 2.75) is 6.61 Å². The molecule has 0 spiro atoms. The molecule has 0 aliphatic heterocycles. The standard InChI is InChI=1S/C13H10BF4O.K/c15-13-7-2-1-4-10(13)9-19-12-6-3-5-11(8-12)14(16,17)18;/h1-8H,9H2;/q-1;+1. The number of hydrogen-bond donors (Lipinski definition) is 0. The molecule has 7 heteroatoms. The third-order valence-electron chi connectivity index (χ3n) is 2.59. The molecule has 0 radical (unpaired) electrons. The maximum absolute atomic E-state index is 13.3. The van der Waals surface area contributed by atoms with Gasteiger partial charge in [-0.1, -0.05) is 30.3 Å². The Morgan fingerprint density at radius 3 is 2.30 bits per heavy atom. The van der Waals surface area contributed by atoms with Crippen molar-refractivity contribution in [3.05, 3.63) is 59.9 Å². The van der Waals surface area contributed by atoms with E-state index in [2.05, 4.69) is 0 Å². The smallest absolute Gasteiger partial charge is 0.489 e. The number of ether oxygens (including phenoxy) is 1. The Hall–Kier alpha value is -0.339. The van der Waals surface area contributed by atoms with Crippen molar-refractivity contribution >= 4 is 12.4 Å². The first-order chi connectivity index (χ1) is 8.97. The molecule has 100 valence electrons. The minimum atomic E-state index is -5.06. The second-order valence-corrected chi connectivity index (χ2v) is 4.03. The van der Waals surface area contributed by atoms with Crippen LogP contribution >= 0.6 is 0 Å². The predicted octanol–water partition coefficient (Wildman–Crippen LogP) is 0.463. The Bertz CT molecular complexity index is 574. The Balaban J connectivity index is 0.00000200. The van der Waals surface area contributed by atoms with Crippen LogP contribution in [0, 0.1) is 5.82 Å². The monoisotopic (exact) mass is 308 g/mol. The first-order valence-corrected chi connectivity index (χ1v) is 5.63.